The van der Waals surface area contributed by atoms with Crippen molar-refractivity contribution in [3.8, 4) is 0 Å². The molecule has 1 saturated carbocycles. The summed E-state index contributed by atoms with van der Waals surface area (Å²) in [7, 11) is -3.87. The summed E-state index contributed by atoms with van der Waals surface area (Å²) < 4.78 is 63.2. The first-order valence-corrected chi connectivity index (χ1v) is 9.79. The van der Waals surface area contributed by atoms with E-state index in [1.807, 2.05) is 0 Å². The first-order chi connectivity index (χ1) is 11.7. The molecule has 0 radical (unpaired) electrons. The number of carbonyl (C=O) groups is 1. The molecule has 26 heavy (non-hydrogen) atoms. The van der Waals surface area contributed by atoms with Crippen LogP contribution in [0.3, 0.4) is 0 Å². The number of sulfone groups is 1. The van der Waals surface area contributed by atoms with Gasteiger partial charge in [0.05, 0.1) is 16.2 Å². The van der Waals surface area contributed by atoms with Crippen molar-refractivity contribution in [3.63, 3.8) is 0 Å². The summed E-state index contributed by atoms with van der Waals surface area (Å²) in [6, 6.07) is 3.41. The van der Waals surface area contributed by atoms with Crippen molar-refractivity contribution >= 4 is 15.9 Å². The summed E-state index contributed by atoms with van der Waals surface area (Å²) >= 11 is 0. The molecule has 9 heteroatoms. The van der Waals surface area contributed by atoms with Crippen LogP contribution in [0, 0.1) is 5.92 Å². The highest BCUT2D eigenvalue weighted by molar-refractivity contribution is 7.91. The molecule has 5 nitrogen and oxygen atoms in total. The van der Waals surface area contributed by atoms with Crippen LogP contribution in [0.2, 0.25) is 0 Å². The minimum atomic E-state index is -4.61. The molecule has 1 N–H and O–H groups in total. The van der Waals surface area contributed by atoms with E-state index in [2.05, 4.69) is 0 Å². The van der Waals surface area contributed by atoms with Gasteiger partial charge in [-0.25, -0.2) is 13.2 Å². The zero-order chi connectivity index (χ0) is 19.9. The van der Waals surface area contributed by atoms with E-state index in [-0.39, 0.29) is 22.6 Å². The highest BCUT2D eigenvalue weighted by atomic mass is 32.2. The SMILES string of the molecule is CC(C)(C)N(C(=O)O)C1CC(CS(=O)(=O)c2cccc(C(F)(F)F)c2)C1. The quantitative estimate of drug-likeness (QED) is 0.838. The molecule has 0 saturated heterocycles. The van der Waals surface area contributed by atoms with Gasteiger partial charge in [0.25, 0.3) is 0 Å². The fraction of sp³-hybridized carbons (Fsp3) is 0.588. The summed E-state index contributed by atoms with van der Waals surface area (Å²) in [5, 5.41) is 9.35. The Morgan fingerprint density at radius 1 is 1.23 bits per heavy atom. The maximum absolute atomic E-state index is 12.8. The average Bonchev–Trinajstić information content (AvgIpc) is 2.42. The third-order valence-corrected chi connectivity index (χ3v) is 6.36. The standard InChI is InChI=1S/C17H22F3NO4S/c1-16(2,3)21(15(22)23)13-7-11(8-13)10-26(24,25)14-6-4-5-12(9-14)17(18,19)20/h4-6,9,11,13H,7-8,10H2,1-3H3,(H,22,23). The van der Waals surface area contributed by atoms with Crippen LogP contribution in [0.4, 0.5) is 18.0 Å². The minimum absolute atomic E-state index is 0.274. The molecule has 0 bridgehead atoms. The molecule has 0 spiro atoms. The van der Waals surface area contributed by atoms with Crippen molar-refractivity contribution in [1.82, 2.24) is 4.90 Å². The number of rotatable bonds is 4. The van der Waals surface area contributed by atoms with Crippen LogP contribution in [-0.2, 0) is 16.0 Å². The Bertz CT molecular complexity index is 778. The Labute approximate surface area is 150 Å². The van der Waals surface area contributed by atoms with Crippen LogP contribution >= 0.6 is 0 Å². The maximum Gasteiger partial charge on any atom is 0.416 e. The average molecular weight is 393 g/mol. The number of nitrogens with zero attached hydrogens (tertiary/aromatic N) is 1. The normalized spacial score (nSPS) is 21.2. The summed E-state index contributed by atoms with van der Waals surface area (Å²) in [4.78, 5) is 12.4. The number of amides is 1. The van der Waals surface area contributed by atoms with Gasteiger partial charge >= 0.3 is 12.3 Å². The van der Waals surface area contributed by atoms with Crippen molar-refractivity contribution in [2.75, 3.05) is 5.75 Å². The van der Waals surface area contributed by atoms with Crippen LogP contribution in [0.25, 0.3) is 0 Å². The zero-order valence-corrected chi connectivity index (χ0v) is 15.6. The number of hydrogen-bond donors (Lipinski definition) is 1. The number of carboxylic acid groups (broad SMARTS) is 1. The number of halogens is 3. The summed E-state index contributed by atoms with van der Waals surface area (Å²) in [6.07, 6.45) is -4.92. The van der Waals surface area contributed by atoms with Gasteiger partial charge < -0.3 is 10.0 Å². The van der Waals surface area contributed by atoms with E-state index >= 15 is 0 Å². The van der Waals surface area contributed by atoms with E-state index < -0.39 is 33.2 Å². The van der Waals surface area contributed by atoms with E-state index in [1.54, 1.807) is 20.8 Å². The second kappa shape index (κ2) is 6.75. The highest BCUT2D eigenvalue weighted by Gasteiger charge is 2.42. The lowest BCUT2D eigenvalue weighted by atomic mass is 9.79. The molecule has 1 aromatic rings. The fourth-order valence-corrected chi connectivity index (χ4v) is 4.99. The van der Waals surface area contributed by atoms with Gasteiger partial charge in [0.1, 0.15) is 0 Å². The van der Waals surface area contributed by atoms with Crippen LogP contribution in [-0.4, -0.2) is 41.9 Å². The molecule has 1 amide bonds. The summed E-state index contributed by atoms with van der Waals surface area (Å²) in [6.45, 7) is 5.27. The molecular weight excluding hydrogens is 371 g/mol. The lowest BCUT2D eigenvalue weighted by molar-refractivity contribution is -0.137. The molecule has 0 aromatic heterocycles. The fourth-order valence-electron chi connectivity index (χ4n) is 3.31. The predicted octanol–water partition coefficient (Wildman–Crippen LogP) is 4.04. The molecule has 2 rings (SSSR count). The molecule has 1 fully saturated rings. The van der Waals surface area contributed by atoms with Gasteiger partial charge in [-0.1, -0.05) is 6.07 Å². The number of alkyl halides is 3. The monoisotopic (exact) mass is 393 g/mol. The maximum atomic E-state index is 12.8. The molecule has 1 aliphatic rings. The van der Waals surface area contributed by atoms with Gasteiger partial charge in [-0.3, -0.25) is 0 Å². The molecule has 0 aliphatic heterocycles. The van der Waals surface area contributed by atoms with E-state index in [9.17, 15) is 31.5 Å². The minimum Gasteiger partial charge on any atom is -0.465 e. The first kappa shape index (κ1) is 20.5. The lowest BCUT2D eigenvalue weighted by Crippen LogP contribution is -2.56. The van der Waals surface area contributed by atoms with Gasteiger partial charge in [0.2, 0.25) is 0 Å². The second-order valence-corrected chi connectivity index (χ2v) is 9.66. The van der Waals surface area contributed by atoms with E-state index in [1.165, 1.54) is 4.90 Å². The van der Waals surface area contributed by atoms with Crippen LogP contribution < -0.4 is 0 Å². The third-order valence-electron chi connectivity index (χ3n) is 4.48. The largest absolute Gasteiger partial charge is 0.465 e. The topological polar surface area (TPSA) is 74.7 Å². The molecule has 146 valence electrons. The highest BCUT2D eigenvalue weighted by Crippen LogP contribution is 2.38. The molecule has 0 atom stereocenters. The zero-order valence-electron chi connectivity index (χ0n) is 14.7. The predicted molar refractivity (Wildman–Crippen MR) is 89.6 cm³/mol. The van der Waals surface area contributed by atoms with E-state index in [0.717, 1.165) is 18.2 Å². The molecule has 1 aliphatic carbocycles. The van der Waals surface area contributed by atoms with Crippen molar-refractivity contribution in [2.24, 2.45) is 5.92 Å². The third kappa shape index (κ3) is 4.49. The Balaban J connectivity index is 2.08. The molecule has 0 heterocycles. The van der Waals surface area contributed by atoms with Crippen LogP contribution in [0.5, 0.6) is 0 Å². The summed E-state index contributed by atoms with van der Waals surface area (Å²) in [5.74, 6) is -0.564. The Morgan fingerprint density at radius 2 is 1.81 bits per heavy atom. The molecule has 0 unspecified atom stereocenters. The number of benzene rings is 1. The van der Waals surface area contributed by atoms with Crippen molar-refractivity contribution in [1.29, 1.82) is 0 Å². The molecular formula is C17H22F3NO4S. The van der Waals surface area contributed by atoms with Gasteiger partial charge in [-0.2, -0.15) is 13.2 Å². The van der Waals surface area contributed by atoms with Crippen LogP contribution in [0.15, 0.2) is 29.2 Å². The van der Waals surface area contributed by atoms with E-state index in [0.29, 0.717) is 18.9 Å². The molecule has 1 aromatic carbocycles. The Morgan fingerprint density at radius 3 is 2.27 bits per heavy atom. The van der Waals surface area contributed by atoms with Gasteiger partial charge in [-0.15, -0.1) is 0 Å². The Hall–Kier alpha value is -1.77. The van der Waals surface area contributed by atoms with Crippen molar-refractivity contribution < 1.29 is 31.5 Å². The van der Waals surface area contributed by atoms with Gasteiger partial charge in [-0.05, 0) is 57.7 Å². The van der Waals surface area contributed by atoms with Gasteiger partial charge in [0, 0.05) is 11.6 Å². The van der Waals surface area contributed by atoms with E-state index in [4.69, 9.17) is 0 Å². The van der Waals surface area contributed by atoms with Gasteiger partial charge in [0.15, 0.2) is 9.84 Å². The number of hydrogen-bond acceptors (Lipinski definition) is 3. The lowest BCUT2D eigenvalue weighted by Gasteiger charge is -2.47. The smallest absolute Gasteiger partial charge is 0.416 e. The van der Waals surface area contributed by atoms with Crippen molar-refractivity contribution in [3.05, 3.63) is 29.8 Å². The summed E-state index contributed by atoms with van der Waals surface area (Å²) in [5.41, 5.74) is -1.61. The second-order valence-electron chi connectivity index (χ2n) is 7.62. The first-order valence-electron chi connectivity index (χ1n) is 8.14. The van der Waals surface area contributed by atoms with Crippen LogP contribution in [0.1, 0.15) is 39.2 Å². The Kier molecular flexibility index (Phi) is 5.34. The van der Waals surface area contributed by atoms with Crippen molar-refractivity contribution in [2.45, 2.75) is 56.3 Å².